The molecule has 1 N–H and O–H groups in total. The maximum atomic E-state index is 12.1. The minimum Gasteiger partial charge on any atom is -0.336 e. The molecule has 0 bridgehead atoms. The summed E-state index contributed by atoms with van der Waals surface area (Å²) >= 11 is 1.60. The molecule has 118 valence electrons. The summed E-state index contributed by atoms with van der Waals surface area (Å²) in [5.41, 5.74) is 0. The number of rotatable bonds is 4. The van der Waals surface area contributed by atoms with Crippen molar-refractivity contribution < 1.29 is 9.59 Å². The highest BCUT2D eigenvalue weighted by atomic mass is 32.1. The van der Waals surface area contributed by atoms with Gasteiger partial charge in [0, 0.05) is 32.0 Å². The largest absolute Gasteiger partial charge is 0.336 e. The molecular formula is C14H19N5O2S. The fourth-order valence-electron chi connectivity index (χ4n) is 2.97. The smallest absolute Gasteiger partial charge is 0.317 e. The summed E-state index contributed by atoms with van der Waals surface area (Å²) in [7, 11) is 0. The molecule has 22 heavy (non-hydrogen) atoms. The lowest BCUT2D eigenvalue weighted by Gasteiger charge is -2.43. The number of likely N-dealkylation sites (tertiary alicyclic amines) is 2. The van der Waals surface area contributed by atoms with Crippen molar-refractivity contribution in [2.45, 2.75) is 44.2 Å². The number of urea groups is 1. The highest BCUT2D eigenvalue weighted by Crippen LogP contribution is 2.41. The van der Waals surface area contributed by atoms with Crippen LogP contribution in [0.4, 0.5) is 4.79 Å². The van der Waals surface area contributed by atoms with Gasteiger partial charge in [-0.1, -0.05) is 11.3 Å². The summed E-state index contributed by atoms with van der Waals surface area (Å²) in [6.45, 7) is 2.56. The topological polar surface area (TPSA) is 78.4 Å². The number of carbonyl (C=O) groups is 2. The molecule has 0 radical (unpaired) electrons. The monoisotopic (exact) mass is 321 g/mol. The molecule has 0 aromatic carbocycles. The van der Waals surface area contributed by atoms with Crippen LogP contribution in [0.15, 0.2) is 0 Å². The van der Waals surface area contributed by atoms with Gasteiger partial charge in [-0.05, 0) is 19.3 Å². The number of nitrogens with one attached hydrogen (secondary N) is 1. The molecule has 3 amide bonds. The average Bonchev–Trinajstić information content (AvgIpc) is 3.06. The molecule has 0 spiro atoms. The number of carbonyl (C=O) groups excluding carboxylic acids is 2. The van der Waals surface area contributed by atoms with Crippen molar-refractivity contribution >= 4 is 23.3 Å². The molecule has 3 heterocycles. The zero-order chi connectivity index (χ0) is 15.1. The quantitative estimate of drug-likeness (QED) is 0.895. The lowest BCUT2D eigenvalue weighted by Crippen LogP contribution is -2.63. The number of hydrogen-bond donors (Lipinski definition) is 1. The molecule has 1 aromatic rings. The van der Waals surface area contributed by atoms with E-state index in [2.05, 4.69) is 15.5 Å². The van der Waals surface area contributed by atoms with Gasteiger partial charge in [-0.25, -0.2) is 4.79 Å². The Morgan fingerprint density at radius 2 is 2.14 bits per heavy atom. The van der Waals surface area contributed by atoms with Gasteiger partial charge in [0.2, 0.25) is 5.91 Å². The van der Waals surface area contributed by atoms with Gasteiger partial charge in [-0.15, -0.1) is 10.2 Å². The Morgan fingerprint density at radius 3 is 2.82 bits per heavy atom. The molecule has 1 aliphatic carbocycles. The SMILES string of the molecule is O=C(NCc1nnc(C2CC2)s1)N1CC(N2CCCC2=O)C1. The zero-order valence-electron chi connectivity index (χ0n) is 12.3. The predicted molar refractivity (Wildman–Crippen MR) is 80.4 cm³/mol. The molecule has 8 heteroatoms. The van der Waals surface area contributed by atoms with E-state index in [1.165, 1.54) is 12.8 Å². The molecule has 2 aliphatic heterocycles. The van der Waals surface area contributed by atoms with Gasteiger partial charge in [0.1, 0.15) is 10.0 Å². The van der Waals surface area contributed by atoms with E-state index in [1.807, 2.05) is 4.90 Å². The normalized spacial score (nSPS) is 22.1. The van der Waals surface area contributed by atoms with E-state index in [0.29, 0.717) is 32.0 Å². The van der Waals surface area contributed by atoms with Crippen molar-refractivity contribution in [3.63, 3.8) is 0 Å². The first-order chi connectivity index (χ1) is 10.7. The zero-order valence-corrected chi connectivity index (χ0v) is 13.1. The number of amides is 3. The van der Waals surface area contributed by atoms with Crippen molar-refractivity contribution in [3.8, 4) is 0 Å². The van der Waals surface area contributed by atoms with Crippen LogP contribution in [0.2, 0.25) is 0 Å². The maximum absolute atomic E-state index is 12.1. The van der Waals surface area contributed by atoms with Gasteiger partial charge in [-0.2, -0.15) is 0 Å². The predicted octanol–water partition coefficient (Wildman–Crippen LogP) is 0.932. The second kappa shape index (κ2) is 5.49. The van der Waals surface area contributed by atoms with Crippen LogP contribution in [-0.4, -0.2) is 57.6 Å². The van der Waals surface area contributed by atoms with Gasteiger partial charge >= 0.3 is 6.03 Å². The molecule has 3 aliphatic rings. The van der Waals surface area contributed by atoms with Crippen LogP contribution in [0.3, 0.4) is 0 Å². The summed E-state index contributed by atoms with van der Waals surface area (Å²) in [5, 5.41) is 13.1. The van der Waals surface area contributed by atoms with Crippen LogP contribution in [0, 0.1) is 0 Å². The Morgan fingerprint density at radius 1 is 1.32 bits per heavy atom. The minimum atomic E-state index is -0.0777. The molecule has 1 aromatic heterocycles. The molecule has 0 atom stereocenters. The van der Waals surface area contributed by atoms with Crippen LogP contribution < -0.4 is 5.32 Å². The van der Waals surface area contributed by atoms with Gasteiger partial charge in [0.05, 0.1) is 12.6 Å². The van der Waals surface area contributed by atoms with E-state index in [0.717, 1.165) is 23.0 Å². The molecular weight excluding hydrogens is 302 g/mol. The van der Waals surface area contributed by atoms with Crippen molar-refractivity contribution in [2.24, 2.45) is 0 Å². The van der Waals surface area contributed by atoms with Crippen LogP contribution >= 0.6 is 11.3 Å². The van der Waals surface area contributed by atoms with E-state index >= 15 is 0 Å². The van der Waals surface area contributed by atoms with E-state index < -0.39 is 0 Å². The Kier molecular flexibility index (Phi) is 3.48. The highest BCUT2D eigenvalue weighted by Gasteiger charge is 2.38. The Hall–Kier alpha value is -1.70. The van der Waals surface area contributed by atoms with E-state index in [-0.39, 0.29) is 18.0 Å². The summed E-state index contributed by atoms with van der Waals surface area (Å²) in [6.07, 6.45) is 4.03. The first-order valence-electron chi connectivity index (χ1n) is 7.85. The lowest BCUT2D eigenvalue weighted by atomic mass is 10.1. The van der Waals surface area contributed by atoms with Crippen molar-refractivity contribution in [1.29, 1.82) is 0 Å². The van der Waals surface area contributed by atoms with Crippen LogP contribution in [-0.2, 0) is 11.3 Å². The second-order valence-corrected chi connectivity index (χ2v) is 7.31. The maximum Gasteiger partial charge on any atom is 0.317 e. The number of hydrogen-bond acceptors (Lipinski definition) is 5. The Balaban J connectivity index is 1.22. The third-order valence-corrected chi connectivity index (χ3v) is 5.59. The summed E-state index contributed by atoms with van der Waals surface area (Å²) in [6, 6.07) is 0.134. The molecule has 2 saturated heterocycles. The molecule has 1 saturated carbocycles. The summed E-state index contributed by atoms with van der Waals surface area (Å²) in [5.74, 6) is 0.836. The highest BCUT2D eigenvalue weighted by molar-refractivity contribution is 7.11. The van der Waals surface area contributed by atoms with E-state index in [9.17, 15) is 9.59 Å². The third-order valence-electron chi connectivity index (χ3n) is 4.50. The first-order valence-corrected chi connectivity index (χ1v) is 8.67. The number of nitrogens with zero attached hydrogens (tertiary/aromatic N) is 4. The van der Waals surface area contributed by atoms with Crippen molar-refractivity contribution in [2.75, 3.05) is 19.6 Å². The standard InChI is InChI=1S/C14H19N5O2S/c20-12-2-1-5-19(12)10-7-18(8-10)14(21)15-6-11-16-17-13(22-11)9-3-4-9/h9-10H,1-8H2,(H,15,21). The molecule has 3 fully saturated rings. The summed E-state index contributed by atoms with van der Waals surface area (Å²) < 4.78 is 0. The molecule has 4 rings (SSSR count). The van der Waals surface area contributed by atoms with Crippen LogP contribution in [0.25, 0.3) is 0 Å². The Labute approximate surface area is 132 Å². The van der Waals surface area contributed by atoms with Gasteiger partial charge < -0.3 is 15.1 Å². The minimum absolute atomic E-state index is 0.0777. The van der Waals surface area contributed by atoms with Gasteiger partial charge in [-0.3, -0.25) is 4.79 Å². The van der Waals surface area contributed by atoms with Crippen LogP contribution in [0.5, 0.6) is 0 Å². The van der Waals surface area contributed by atoms with Gasteiger partial charge in [0.15, 0.2) is 0 Å². The van der Waals surface area contributed by atoms with Crippen molar-refractivity contribution in [1.82, 2.24) is 25.3 Å². The first kappa shape index (κ1) is 13.9. The second-order valence-electron chi connectivity index (χ2n) is 6.22. The third kappa shape index (κ3) is 2.67. The van der Waals surface area contributed by atoms with E-state index in [1.54, 1.807) is 16.2 Å². The fraction of sp³-hybridized carbons (Fsp3) is 0.714. The van der Waals surface area contributed by atoms with Crippen LogP contribution in [0.1, 0.15) is 41.6 Å². The van der Waals surface area contributed by atoms with E-state index in [4.69, 9.17) is 0 Å². The molecule has 0 unspecified atom stereocenters. The lowest BCUT2D eigenvalue weighted by molar-refractivity contribution is -0.132. The van der Waals surface area contributed by atoms with Crippen molar-refractivity contribution in [3.05, 3.63) is 10.0 Å². The summed E-state index contributed by atoms with van der Waals surface area (Å²) in [4.78, 5) is 27.4. The Bertz CT molecular complexity index is 594. The van der Waals surface area contributed by atoms with Gasteiger partial charge in [0.25, 0.3) is 0 Å². The number of aromatic nitrogens is 2. The average molecular weight is 321 g/mol. The fourth-order valence-corrected chi connectivity index (χ4v) is 3.92. The molecule has 7 nitrogen and oxygen atoms in total.